The molecule has 1 aromatic carbocycles. The monoisotopic (exact) mass is 243 g/mol. The molecule has 0 aliphatic carbocycles. The molecule has 0 saturated carbocycles. The van der Waals surface area contributed by atoms with E-state index in [0.29, 0.717) is 0 Å². The molecule has 1 aliphatic heterocycles. The van der Waals surface area contributed by atoms with E-state index >= 15 is 0 Å². The predicted molar refractivity (Wildman–Crippen MR) is 72.6 cm³/mol. The molecule has 0 spiro atoms. The number of carbonyl (C=O) groups is 1. The van der Waals surface area contributed by atoms with Gasteiger partial charge in [-0.1, -0.05) is 23.3 Å². The summed E-state index contributed by atoms with van der Waals surface area (Å²) in [6, 6.07) is 6.37. The number of rotatable bonds is 3. The number of benzene rings is 1. The van der Waals surface area contributed by atoms with Crippen LogP contribution in [0.25, 0.3) is 5.70 Å². The Hall–Kier alpha value is -1.90. The zero-order valence-electron chi connectivity index (χ0n) is 11.0. The summed E-state index contributed by atoms with van der Waals surface area (Å²) < 4.78 is 4.65. The third-order valence-electron chi connectivity index (χ3n) is 2.90. The Bertz CT molecular complexity index is 521. The Labute approximate surface area is 107 Å². The lowest BCUT2D eigenvalue weighted by atomic mass is 10.1. The molecule has 0 N–H and O–H groups in total. The lowest BCUT2D eigenvalue weighted by molar-refractivity contribution is -0.139. The van der Waals surface area contributed by atoms with E-state index in [1.54, 1.807) is 0 Å². The maximum absolute atomic E-state index is 11.2. The summed E-state index contributed by atoms with van der Waals surface area (Å²) in [4.78, 5) is 15.7. The summed E-state index contributed by atoms with van der Waals surface area (Å²) in [5.74, 6) is -0.233. The zero-order chi connectivity index (χ0) is 13.1. The molecular formula is C15H17NO2. The molecule has 1 aliphatic rings. The maximum Gasteiger partial charge on any atom is 0.311 e. The normalized spacial score (nSPS) is 14.2. The average molecular weight is 243 g/mol. The van der Waals surface area contributed by atoms with Gasteiger partial charge in [-0.05, 0) is 26.0 Å². The van der Waals surface area contributed by atoms with Crippen LogP contribution in [0.2, 0.25) is 0 Å². The number of aliphatic imine (C=N–C) groups is 1. The van der Waals surface area contributed by atoms with Gasteiger partial charge < -0.3 is 4.74 Å². The molecule has 0 saturated heterocycles. The highest BCUT2D eigenvalue weighted by atomic mass is 16.5. The fraction of sp³-hybridized carbons (Fsp3) is 0.333. The van der Waals surface area contributed by atoms with Crippen molar-refractivity contribution in [2.24, 2.45) is 4.99 Å². The fourth-order valence-electron chi connectivity index (χ4n) is 2.13. The summed E-state index contributed by atoms with van der Waals surface area (Å²) in [6.45, 7) is 4.15. The van der Waals surface area contributed by atoms with Crippen molar-refractivity contribution in [1.82, 2.24) is 0 Å². The minimum Gasteiger partial charge on any atom is -0.469 e. The van der Waals surface area contributed by atoms with Crippen LogP contribution in [0.1, 0.15) is 29.5 Å². The van der Waals surface area contributed by atoms with Gasteiger partial charge in [-0.3, -0.25) is 9.79 Å². The van der Waals surface area contributed by atoms with Crippen LogP contribution >= 0.6 is 0 Å². The summed E-state index contributed by atoms with van der Waals surface area (Å²) in [6.07, 6.45) is 3.07. The van der Waals surface area contributed by atoms with Crippen LogP contribution in [0.3, 0.4) is 0 Å². The zero-order valence-corrected chi connectivity index (χ0v) is 11.0. The Morgan fingerprint density at radius 3 is 2.56 bits per heavy atom. The molecule has 18 heavy (non-hydrogen) atoms. The SMILES string of the molecule is COC(=O)CC1=NC(c2cc(C)cc(C)c2)=CC1. The minimum atomic E-state index is -0.233. The number of esters is 1. The first kappa shape index (κ1) is 12.6. The third kappa shape index (κ3) is 2.86. The number of nitrogens with zero attached hydrogens (tertiary/aromatic N) is 1. The van der Waals surface area contributed by atoms with Gasteiger partial charge in [-0.15, -0.1) is 0 Å². The number of carbonyl (C=O) groups excluding carboxylic acids is 1. The van der Waals surface area contributed by atoms with Crippen LogP contribution in [0, 0.1) is 13.8 Å². The average Bonchev–Trinajstić information content (AvgIpc) is 2.76. The molecule has 0 atom stereocenters. The van der Waals surface area contributed by atoms with E-state index in [1.165, 1.54) is 18.2 Å². The molecule has 3 nitrogen and oxygen atoms in total. The van der Waals surface area contributed by atoms with Gasteiger partial charge in [0.15, 0.2) is 0 Å². The van der Waals surface area contributed by atoms with Crippen molar-refractivity contribution >= 4 is 17.4 Å². The van der Waals surface area contributed by atoms with E-state index in [-0.39, 0.29) is 12.4 Å². The lowest BCUT2D eigenvalue weighted by Crippen LogP contribution is -2.07. The van der Waals surface area contributed by atoms with Crippen molar-refractivity contribution < 1.29 is 9.53 Å². The van der Waals surface area contributed by atoms with Crippen LogP contribution < -0.4 is 0 Å². The van der Waals surface area contributed by atoms with Crippen molar-refractivity contribution in [3.63, 3.8) is 0 Å². The topological polar surface area (TPSA) is 38.7 Å². The molecule has 0 fully saturated rings. The number of ether oxygens (including phenoxy) is 1. The van der Waals surface area contributed by atoms with Crippen molar-refractivity contribution in [2.75, 3.05) is 7.11 Å². The largest absolute Gasteiger partial charge is 0.469 e. The quantitative estimate of drug-likeness (QED) is 0.765. The maximum atomic E-state index is 11.2. The standard InChI is InChI=1S/C15H17NO2/c1-10-6-11(2)8-12(7-10)14-5-4-13(16-14)9-15(17)18-3/h5-8H,4,9H2,1-3H3. The first-order chi connectivity index (χ1) is 8.58. The second kappa shape index (κ2) is 5.17. The number of methoxy groups -OCH3 is 1. The first-order valence-corrected chi connectivity index (χ1v) is 6.00. The summed E-state index contributed by atoms with van der Waals surface area (Å²) in [7, 11) is 1.40. The van der Waals surface area contributed by atoms with Crippen LogP contribution in [0.4, 0.5) is 0 Å². The van der Waals surface area contributed by atoms with Gasteiger partial charge in [0.2, 0.25) is 0 Å². The van der Waals surface area contributed by atoms with Crippen molar-refractivity contribution in [3.05, 3.63) is 41.0 Å². The van der Waals surface area contributed by atoms with Gasteiger partial charge in [-0.25, -0.2) is 0 Å². The van der Waals surface area contributed by atoms with Crippen molar-refractivity contribution in [2.45, 2.75) is 26.7 Å². The number of hydrogen-bond acceptors (Lipinski definition) is 3. The van der Waals surface area contributed by atoms with E-state index in [0.717, 1.165) is 23.4 Å². The Morgan fingerprint density at radius 2 is 1.94 bits per heavy atom. The van der Waals surface area contributed by atoms with E-state index < -0.39 is 0 Å². The van der Waals surface area contributed by atoms with E-state index in [1.807, 2.05) is 0 Å². The van der Waals surface area contributed by atoms with Gasteiger partial charge in [0.1, 0.15) is 0 Å². The highest BCUT2D eigenvalue weighted by Crippen LogP contribution is 2.25. The molecule has 1 aromatic rings. The van der Waals surface area contributed by atoms with Crippen molar-refractivity contribution in [1.29, 1.82) is 0 Å². The second-order valence-electron chi connectivity index (χ2n) is 4.60. The summed E-state index contributed by atoms with van der Waals surface area (Å²) >= 11 is 0. The summed E-state index contributed by atoms with van der Waals surface area (Å²) in [5.41, 5.74) is 5.40. The molecule has 0 amide bonds. The molecule has 1 heterocycles. The molecule has 94 valence electrons. The highest BCUT2D eigenvalue weighted by molar-refractivity contribution is 6.04. The van der Waals surface area contributed by atoms with Crippen molar-refractivity contribution in [3.8, 4) is 0 Å². The molecule has 0 aromatic heterocycles. The fourth-order valence-corrected chi connectivity index (χ4v) is 2.13. The molecule has 2 rings (SSSR count). The number of aryl methyl sites for hydroxylation is 2. The van der Waals surface area contributed by atoms with Gasteiger partial charge in [0.25, 0.3) is 0 Å². The van der Waals surface area contributed by atoms with E-state index in [4.69, 9.17) is 0 Å². The van der Waals surface area contributed by atoms with Gasteiger partial charge in [-0.2, -0.15) is 0 Å². The minimum absolute atomic E-state index is 0.233. The summed E-state index contributed by atoms with van der Waals surface area (Å²) in [5, 5.41) is 0. The van der Waals surface area contributed by atoms with Crippen LogP contribution in [-0.4, -0.2) is 18.8 Å². The second-order valence-corrected chi connectivity index (χ2v) is 4.60. The first-order valence-electron chi connectivity index (χ1n) is 6.00. The molecule has 0 radical (unpaired) electrons. The van der Waals surface area contributed by atoms with Gasteiger partial charge in [0, 0.05) is 17.7 Å². The smallest absolute Gasteiger partial charge is 0.311 e. The van der Waals surface area contributed by atoms with Crippen LogP contribution in [-0.2, 0) is 9.53 Å². The molecule has 0 unspecified atom stereocenters. The Kier molecular flexibility index (Phi) is 3.60. The lowest BCUT2D eigenvalue weighted by Gasteiger charge is -2.03. The van der Waals surface area contributed by atoms with E-state index in [9.17, 15) is 4.79 Å². The molecule has 0 bridgehead atoms. The van der Waals surface area contributed by atoms with Crippen LogP contribution in [0.5, 0.6) is 0 Å². The van der Waals surface area contributed by atoms with Gasteiger partial charge >= 0.3 is 5.97 Å². The molecule has 3 heteroatoms. The Morgan fingerprint density at radius 1 is 1.28 bits per heavy atom. The molecular weight excluding hydrogens is 226 g/mol. The Balaban J connectivity index is 2.18. The number of hydrogen-bond donors (Lipinski definition) is 0. The van der Waals surface area contributed by atoms with Gasteiger partial charge in [0.05, 0.1) is 19.2 Å². The number of allylic oxidation sites excluding steroid dienone is 1. The van der Waals surface area contributed by atoms with E-state index in [2.05, 4.69) is 47.9 Å². The predicted octanol–water partition coefficient (Wildman–Crippen LogP) is 3.05. The van der Waals surface area contributed by atoms with Crippen LogP contribution in [0.15, 0.2) is 29.3 Å². The highest BCUT2D eigenvalue weighted by Gasteiger charge is 2.14. The third-order valence-corrected chi connectivity index (χ3v) is 2.90.